The Morgan fingerprint density at radius 2 is 2.08 bits per heavy atom. The Labute approximate surface area is 71.0 Å². The average Bonchev–Trinajstić information content (AvgIpc) is 2.59. The molecule has 0 amide bonds. The summed E-state index contributed by atoms with van der Waals surface area (Å²) in [4.78, 5) is 9.29. The van der Waals surface area contributed by atoms with E-state index in [-0.39, 0.29) is 0 Å². The monoisotopic (exact) mass is 162 g/mol. The zero-order chi connectivity index (χ0) is 8.23. The molecule has 0 unspecified atom stereocenters. The number of rotatable bonds is 1. The molecule has 2 rings (SSSR count). The number of amidine groups is 1. The maximum Gasteiger partial charge on any atom is 0.128 e. The van der Waals surface area contributed by atoms with Gasteiger partial charge in [-0.15, -0.1) is 0 Å². The molecular weight excluding hydrogens is 152 g/mol. The van der Waals surface area contributed by atoms with Gasteiger partial charge in [0.1, 0.15) is 5.84 Å². The van der Waals surface area contributed by atoms with E-state index in [1.807, 2.05) is 30.3 Å². The highest BCUT2D eigenvalue weighted by Gasteiger charge is 2.06. The highest BCUT2D eigenvalue weighted by Crippen LogP contribution is 2.11. The molecule has 0 aliphatic carbocycles. The van der Waals surface area contributed by atoms with E-state index >= 15 is 0 Å². The third-order valence-electron chi connectivity index (χ3n) is 1.65. The Hall–Kier alpha value is -1.35. The first-order chi connectivity index (χ1) is 5.95. The van der Waals surface area contributed by atoms with Crippen molar-refractivity contribution in [3.63, 3.8) is 0 Å². The van der Waals surface area contributed by atoms with Crippen LogP contribution in [-0.4, -0.2) is 12.4 Å². The lowest BCUT2D eigenvalue weighted by Gasteiger charge is -1.95. The van der Waals surface area contributed by atoms with E-state index in [0.717, 1.165) is 17.9 Å². The number of hydroxylamine groups is 1. The number of aliphatic imine (C=N–C) groups is 1. The van der Waals surface area contributed by atoms with Gasteiger partial charge >= 0.3 is 0 Å². The molecule has 3 heteroatoms. The lowest BCUT2D eigenvalue weighted by molar-refractivity contribution is 0.122. The highest BCUT2D eigenvalue weighted by molar-refractivity contribution is 5.84. The van der Waals surface area contributed by atoms with Gasteiger partial charge < -0.3 is 0 Å². The van der Waals surface area contributed by atoms with Crippen molar-refractivity contribution in [3.05, 3.63) is 30.3 Å². The third-order valence-corrected chi connectivity index (χ3v) is 1.65. The SMILES string of the molecule is c1ccc(N=C2CCON2)cc1. The normalized spacial score (nSPS) is 19.5. The summed E-state index contributed by atoms with van der Waals surface area (Å²) in [6, 6.07) is 9.84. The van der Waals surface area contributed by atoms with Crippen molar-refractivity contribution in [1.29, 1.82) is 0 Å². The minimum atomic E-state index is 0.714. The van der Waals surface area contributed by atoms with Crippen LogP contribution in [-0.2, 0) is 4.84 Å². The molecule has 1 fully saturated rings. The second-order valence-corrected chi connectivity index (χ2v) is 2.59. The molecule has 1 saturated heterocycles. The summed E-state index contributed by atoms with van der Waals surface area (Å²) in [7, 11) is 0. The Balaban J connectivity index is 2.16. The molecule has 0 spiro atoms. The lowest BCUT2D eigenvalue weighted by Crippen LogP contribution is -2.11. The standard InChI is InChI=1S/C9H10N2O/c1-2-4-8(5-3-1)10-9-6-7-12-11-9/h1-5H,6-7H2,(H,10,11). The summed E-state index contributed by atoms with van der Waals surface area (Å²) in [5, 5.41) is 0. The number of benzene rings is 1. The predicted molar refractivity (Wildman–Crippen MR) is 47.2 cm³/mol. The van der Waals surface area contributed by atoms with Crippen LogP contribution in [0.3, 0.4) is 0 Å². The molecule has 1 heterocycles. The van der Waals surface area contributed by atoms with Crippen molar-refractivity contribution in [2.24, 2.45) is 4.99 Å². The molecule has 1 aromatic carbocycles. The van der Waals surface area contributed by atoms with Gasteiger partial charge in [-0.2, -0.15) is 0 Å². The van der Waals surface area contributed by atoms with Crippen LogP contribution in [0.15, 0.2) is 35.3 Å². The summed E-state index contributed by atoms with van der Waals surface area (Å²) < 4.78 is 0. The van der Waals surface area contributed by atoms with Crippen LogP contribution in [0.5, 0.6) is 0 Å². The number of nitrogens with one attached hydrogen (secondary N) is 1. The van der Waals surface area contributed by atoms with Crippen molar-refractivity contribution in [3.8, 4) is 0 Å². The fourth-order valence-corrected chi connectivity index (χ4v) is 1.07. The van der Waals surface area contributed by atoms with Gasteiger partial charge in [0.25, 0.3) is 0 Å². The van der Waals surface area contributed by atoms with Gasteiger partial charge in [-0.05, 0) is 12.1 Å². The fourth-order valence-electron chi connectivity index (χ4n) is 1.07. The first-order valence-electron chi connectivity index (χ1n) is 3.95. The second-order valence-electron chi connectivity index (χ2n) is 2.59. The van der Waals surface area contributed by atoms with Gasteiger partial charge in [0.05, 0.1) is 12.3 Å². The number of para-hydroxylation sites is 1. The van der Waals surface area contributed by atoms with Crippen molar-refractivity contribution >= 4 is 11.5 Å². The maximum absolute atomic E-state index is 4.95. The first kappa shape index (κ1) is 7.31. The first-order valence-corrected chi connectivity index (χ1v) is 3.95. The zero-order valence-corrected chi connectivity index (χ0v) is 6.66. The summed E-state index contributed by atoms with van der Waals surface area (Å²) >= 11 is 0. The largest absolute Gasteiger partial charge is 0.275 e. The average molecular weight is 162 g/mol. The molecule has 0 radical (unpaired) electrons. The van der Waals surface area contributed by atoms with Gasteiger partial charge in [0.2, 0.25) is 0 Å². The fraction of sp³-hybridized carbons (Fsp3) is 0.222. The highest BCUT2D eigenvalue weighted by atomic mass is 16.7. The molecule has 0 atom stereocenters. The van der Waals surface area contributed by atoms with E-state index in [0.29, 0.717) is 6.61 Å². The Morgan fingerprint density at radius 3 is 2.75 bits per heavy atom. The molecule has 1 aromatic rings. The lowest BCUT2D eigenvalue weighted by atomic mass is 10.3. The van der Waals surface area contributed by atoms with E-state index in [2.05, 4.69) is 10.5 Å². The molecule has 3 nitrogen and oxygen atoms in total. The van der Waals surface area contributed by atoms with Crippen LogP contribution >= 0.6 is 0 Å². The molecule has 0 saturated carbocycles. The van der Waals surface area contributed by atoms with Crippen LogP contribution in [0.25, 0.3) is 0 Å². The van der Waals surface area contributed by atoms with Crippen LogP contribution in [0.1, 0.15) is 6.42 Å². The smallest absolute Gasteiger partial charge is 0.128 e. The van der Waals surface area contributed by atoms with Gasteiger partial charge in [-0.25, -0.2) is 4.99 Å². The summed E-state index contributed by atoms with van der Waals surface area (Å²) in [6.07, 6.45) is 0.870. The van der Waals surface area contributed by atoms with Gasteiger partial charge in [0.15, 0.2) is 0 Å². The molecule has 0 bridgehead atoms. The van der Waals surface area contributed by atoms with Crippen LogP contribution in [0.4, 0.5) is 5.69 Å². The van der Waals surface area contributed by atoms with E-state index in [9.17, 15) is 0 Å². The Morgan fingerprint density at radius 1 is 1.25 bits per heavy atom. The van der Waals surface area contributed by atoms with Crippen LogP contribution in [0.2, 0.25) is 0 Å². The minimum absolute atomic E-state index is 0.714. The van der Waals surface area contributed by atoms with Crippen LogP contribution < -0.4 is 5.48 Å². The van der Waals surface area contributed by atoms with E-state index in [1.54, 1.807) is 0 Å². The Bertz CT molecular complexity index is 274. The van der Waals surface area contributed by atoms with Crippen molar-refractivity contribution in [2.45, 2.75) is 6.42 Å². The summed E-state index contributed by atoms with van der Waals surface area (Å²) in [5.41, 5.74) is 3.72. The van der Waals surface area contributed by atoms with Gasteiger partial charge in [0, 0.05) is 6.42 Å². The number of hydrogen-bond acceptors (Lipinski definition) is 2. The summed E-state index contributed by atoms with van der Waals surface area (Å²) in [5.74, 6) is 0.904. The molecule has 62 valence electrons. The zero-order valence-electron chi connectivity index (χ0n) is 6.66. The van der Waals surface area contributed by atoms with Crippen LogP contribution in [0, 0.1) is 0 Å². The molecule has 1 aliphatic heterocycles. The van der Waals surface area contributed by atoms with Gasteiger partial charge in [-0.3, -0.25) is 10.3 Å². The maximum atomic E-state index is 4.95. The van der Waals surface area contributed by atoms with Crippen molar-refractivity contribution in [2.75, 3.05) is 6.61 Å². The Kier molecular flexibility index (Phi) is 2.05. The van der Waals surface area contributed by atoms with E-state index < -0.39 is 0 Å². The second kappa shape index (κ2) is 3.36. The summed E-state index contributed by atoms with van der Waals surface area (Å²) in [6.45, 7) is 0.714. The minimum Gasteiger partial charge on any atom is -0.275 e. The van der Waals surface area contributed by atoms with E-state index in [1.165, 1.54) is 0 Å². The molecule has 12 heavy (non-hydrogen) atoms. The molecule has 0 aromatic heterocycles. The van der Waals surface area contributed by atoms with Crippen molar-refractivity contribution < 1.29 is 4.84 Å². The van der Waals surface area contributed by atoms with E-state index in [4.69, 9.17) is 4.84 Å². The molecule has 1 aliphatic rings. The number of nitrogens with zero attached hydrogens (tertiary/aromatic N) is 1. The quantitative estimate of drug-likeness (QED) is 0.681. The van der Waals surface area contributed by atoms with Gasteiger partial charge in [-0.1, -0.05) is 18.2 Å². The molecular formula is C9H10N2O. The molecule has 1 N–H and O–H groups in total. The third kappa shape index (κ3) is 1.62. The number of hydrogen-bond donors (Lipinski definition) is 1. The predicted octanol–water partition coefficient (Wildman–Crippen LogP) is 1.64. The topological polar surface area (TPSA) is 33.6 Å². The van der Waals surface area contributed by atoms with Crippen molar-refractivity contribution in [1.82, 2.24) is 5.48 Å².